The van der Waals surface area contributed by atoms with Crippen LogP contribution >= 0.6 is 34.3 Å². The first-order valence-electron chi connectivity index (χ1n) is 6.15. The second kappa shape index (κ2) is 5.16. The van der Waals surface area contributed by atoms with Gasteiger partial charge in [-0.1, -0.05) is 18.0 Å². The average Bonchev–Trinajstić information content (AvgIpc) is 2.90. The lowest BCUT2D eigenvalue weighted by Gasteiger charge is -1.95. The van der Waals surface area contributed by atoms with Gasteiger partial charge in [0.1, 0.15) is 0 Å². The monoisotopic (exact) mass is 296 g/mol. The number of carbonyl (C=O) groups is 1. The van der Waals surface area contributed by atoms with Gasteiger partial charge in [-0.2, -0.15) is 0 Å². The predicted molar refractivity (Wildman–Crippen MR) is 78.3 cm³/mol. The highest BCUT2D eigenvalue weighted by molar-refractivity contribution is 7.17. The van der Waals surface area contributed by atoms with Crippen molar-refractivity contribution in [2.45, 2.75) is 32.1 Å². The normalized spacial score (nSPS) is 15.2. The Morgan fingerprint density at radius 2 is 2.06 bits per heavy atom. The first-order chi connectivity index (χ1) is 8.75. The van der Waals surface area contributed by atoms with Crippen molar-refractivity contribution >= 4 is 40.1 Å². The fourth-order valence-corrected chi connectivity index (χ4v) is 4.71. The van der Waals surface area contributed by atoms with Crippen LogP contribution in [0.2, 0.25) is 5.02 Å². The van der Waals surface area contributed by atoms with Gasteiger partial charge in [0.2, 0.25) is 5.78 Å². The molecule has 0 unspecified atom stereocenters. The molecule has 94 valence electrons. The summed E-state index contributed by atoms with van der Waals surface area (Å²) in [5.74, 6) is 0.0908. The van der Waals surface area contributed by atoms with E-state index in [2.05, 4.69) is 6.07 Å². The van der Waals surface area contributed by atoms with Gasteiger partial charge < -0.3 is 0 Å². The van der Waals surface area contributed by atoms with E-state index >= 15 is 0 Å². The minimum atomic E-state index is 0.0908. The summed E-state index contributed by atoms with van der Waals surface area (Å²) in [6, 6.07) is 3.88. The van der Waals surface area contributed by atoms with Crippen LogP contribution in [0.3, 0.4) is 0 Å². The number of fused-ring (bicyclic) bond motifs is 1. The van der Waals surface area contributed by atoms with Crippen LogP contribution in [0.4, 0.5) is 0 Å². The van der Waals surface area contributed by atoms with E-state index in [0.717, 1.165) is 17.7 Å². The Balaban J connectivity index is 1.94. The average molecular weight is 297 g/mol. The van der Waals surface area contributed by atoms with Gasteiger partial charge in [-0.05, 0) is 48.8 Å². The van der Waals surface area contributed by atoms with E-state index < -0.39 is 0 Å². The molecule has 2 aromatic rings. The lowest BCUT2D eigenvalue weighted by atomic mass is 10.1. The van der Waals surface area contributed by atoms with Crippen molar-refractivity contribution in [2.75, 3.05) is 0 Å². The Labute approximate surface area is 119 Å². The zero-order valence-corrected chi connectivity index (χ0v) is 12.3. The number of carbonyl (C=O) groups excluding carboxylic acids is 1. The van der Waals surface area contributed by atoms with Crippen molar-refractivity contribution < 1.29 is 4.79 Å². The molecule has 3 rings (SSSR count). The fourth-order valence-electron chi connectivity index (χ4n) is 2.35. The lowest BCUT2D eigenvalue weighted by Crippen LogP contribution is -1.95. The van der Waals surface area contributed by atoms with E-state index in [9.17, 15) is 4.79 Å². The zero-order chi connectivity index (χ0) is 12.5. The minimum absolute atomic E-state index is 0.0908. The number of hydrogen-bond acceptors (Lipinski definition) is 3. The van der Waals surface area contributed by atoms with Crippen molar-refractivity contribution in [1.29, 1.82) is 0 Å². The molecule has 2 aromatic heterocycles. The van der Waals surface area contributed by atoms with Gasteiger partial charge in [0.25, 0.3) is 0 Å². The van der Waals surface area contributed by atoms with Crippen LogP contribution in [0.5, 0.6) is 0 Å². The topological polar surface area (TPSA) is 17.1 Å². The molecule has 1 aliphatic rings. The third-order valence-electron chi connectivity index (χ3n) is 3.29. The van der Waals surface area contributed by atoms with Crippen LogP contribution in [0.15, 0.2) is 17.5 Å². The molecule has 0 saturated carbocycles. The molecule has 4 heteroatoms. The summed E-state index contributed by atoms with van der Waals surface area (Å²) in [6.07, 6.45) is 6.06. The van der Waals surface area contributed by atoms with Crippen LogP contribution < -0.4 is 0 Å². The molecule has 2 heterocycles. The maximum Gasteiger partial charge on any atom is 0.214 e. The number of hydrogen-bond donors (Lipinski definition) is 0. The summed E-state index contributed by atoms with van der Waals surface area (Å²) in [5, 5.41) is 2.45. The molecular formula is C14H13ClOS2. The van der Waals surface area contributed by atoms with E-state index in [4.69, 9.17) is 11.6 Å². The summed E-state index contributed by atoms with van der Waals surface area (Å²) >= 11 is 9.12. The van der Waals surface area contributed by atoms with E-state index in [-0.39, 0.29) is 5.78 Å². The third kappa shape index (κ3) is 2.27. The molecule has 0 radical (unpaired) electrons. The molecular weight excluding hydrogens is 284 g/mol. The van der Waals surface area contributed by atoms with Gasteiger partial charge in [-0.15, -0.1) is 22.7 Å². The van der Waals surface area contributed by atoms with Crippen molar-refractivity contribution in [3.63, 3.8) is 0 Å². The quantitative estimate of drug-likeness (QED) is 0.565. The third-order valence-corrected chi connectivity index (χ3v) is 5.87. The molecule has 0 atom stereocenters. The molecule has 1 aliphatic carbocycles. The lowest BCUT2D eigenvalue weighted by molar-refractivity contribution is 0.104. The van der Waals surface area contributed by atoms with Crippen LogP contribution in [0.25, 0.3) is 0 Å². The molecule has 0 aliphatic heterocycles. The highest BCUT2D eigenvalue weighted by Crippen LogP contribution is 2.32. The number of thiophene rings is 2. The van der Waals surface area contributed by atoms with E-state index in [1.807, 2.05) is 5.38 Å². The van der Waals surface area contributed by atoms with Gasteiger partial charge in [0.05, 0.1) is 14.8 Å². The largest absolute Gasteiger partial charge is 0.287 e. The Morgan fingerprint density at radius 1 is 1.22 bits per heavy atom. The summed E-state index contributed by atoms with van der Waals surface area (Å²) in [5.41, 5.74) is 1.38. The summed E-state index contributed by atoms with van der Waals surface area (Å²) < 4.78 is 0. The molecule has 0 spiro atoms. The first-order valence-corrected chi connectivity index (χ1v) is 8.22. The molecule has 0 fully saturated rings. The first kappa shape index (κ1) is 12.4. The molecule has 1 nitrogen and oxygen atoms in total. The summed E-state index contributed by atoms with van der Waals surface area (Å²) in [4.78, 5) is 15.3. The Hall–Kier alpha value is -0.640. The number of aryl methyl sites for hydroxylation is 2. The van der Waals surface area contributed by atoms with Crippen LogP contribution in [-0.2, 0) is 12.8 Å². The van der Waals surface area contributed by atoms with E-state index in [0.29, 0.717) is 9.90 Å². The van der Waals surface area contributed by atoms with E-state index in [1.165, 1.54) is 41.0 Å². The number of rotatable bonds is 2. The number of halogens is 1. The van der Waals surface area contributed by atoms with Gasteiger partial charge in [0.15, 0.2) is 0 Å². The molecule has 0 amide bonds. The smallest absolute Gasteiger partial charge is 0.214 e. The highest BCUT2D eigenvalue weighted by atomic mass is 35.5. The summed E-state index contributed by atoms with van der Waals surface area (Å²) in [6.45, 7) is 0. The molecule has 18 heavy (non-hydrogen) atoms. The van der Waals surface area contributed by atoms with Crippen molar-refractivity contribution in [3.05, 3.63) is 42.7 Å². The second-order valence-corrected chi connectivity index (χ2v) is 7.01. The van der Waals surface area contributed by atoms with Crippen molar-refractivity contribution in [1.82, 2.24) is 0 Å². The Bertz CT molecular complexity index is 559. The van der Waals surface area contributed by atoms with Crippen molar-refractivity contribution in [3.8, 4) is 0 Å². The molecule has 0 saturated heterocycles. The maximum atomic E-state index is 12.4. The SMILES string of the molecule is O=C(c1cc2c(s1)CCCCC2)c1sccc1Cl. The van der Waals surface area contributed by atoms with Crippen LogP contribution in [-0.4, -0.2) is 5.78 Å². The summed E-state index contributed by atoms with van der Waals surface area (Å²) in [7, 11) is 0. The minimum Gasteiger partial charge on any atom is -0.287 e. The highest BCUT2D eigenvalue weighted by Gasteiger charge is 2.20. The Kier molecular flexibility index (Phi) is 3.55. The Morgan fingerprint density at radius 3 is 2.83 bits per heavy atom. The van der Waals surface area contributed by atoms with Gasteiger partial charge in [0, 0.05) is 4.88 Å². The molecule has 0 bridgehead atoms. The number of ketones is 1. The standard InChI is InChI=1S/C14H13ClOS2/c15-10-6-7-17-14(10)13(16)12-8-9-4-2-1-3-5-11(9)18-12/h6-8H,1-5H2. The molecule has 0 N–H and O–H groups in total. The maximum absolute atomic E-state index is 12.4. The van der Waals surface area contributed by atoms with Crippen molar-refractivity contribution in [2.24, 2.45) is 0 Å². The second-order valence-electron chi connectivity index (χ2n) is 4.55. The van der Waals surface area contributed by atoms with Crippen LogP contribution in [0.1, 0.15) is 44.3 Å². The van der Waals surface area contributed by atoms with Crippen LogP contribution in [0, 0.1) is 0 Å². The predicted octanol–water partition coefficient (Wildman–Crippen LogP) is 4.96. The molecule has 0 aromatic carbocycles. The van der Waals surface area contributed by atoms with E-state index in [1.54, 1.807) is 17.4 Å². The van der Waals surface area contributed by atoms with Gasteiger partial charge >= 0.3 is 0 Å². The fraction of sp³-hybridized carbons (Fsp3) is 0.357. The van der Waals surface area contributed by atoms with Gasteiger partial charge in [-0.3, -0.25) is 4.79 Å². The zero-order valence-electron chi connectivity index (χ0n) is 9.87. The van der Waals surface area contributed by atoms with Gasteiger partial charge in [-0.25, -0.2) is 0 Å².